The second-order valence-corrected chi connectivity index (χ2v) is 4.99. The van der Waals surface area contributed by atoms with Crippen LogP contribution in [0.5, 0.6) is 0 Å². The minimum absolute atomic E-state index is 0.0171. The second-order valence-electron chi connectivity index (χ2n) is 4.99. The second kappa shape index (κ2) is 9.30. The van der Waals surface area contributed by atoms with Gasteiger partial charge in [0.05, 0.1) is 0 Å². The molecule has 0 saturated carbocycles. The van der Waals surface area contributed by atoms with Crippen LogP contribution in [-0.4, -0.2) is 75.7 Å². The van der Waals surface area contributed by atoms with E-state index in [0.29, 0.717) is 0 Å². The van der Waals surface area contributed by atoms with Gasteiger partial charge in [0.25, 0.3) is 0 Å². The van der Waals surface area contributed by atoms with E-state index in [4.69, 9.17) is 4.74 Å². The van der Waals surface area contributed by atoms with E-state index in [-0.39, 0.29) is 12.5 Å². The number of unbranched alkanes of at least 4 members (excludes halogenated alkanes) is 2. The summed E-state index contributed by atoms with van der Waals surface area (Å²) in [4.78, 5) is 16.0. The average molecular weight is 257 g/mol. The van der Waals surface area contributed by atoms with Crippen molar-refractivity contribution < 1.29 is 9.53 Å². The number of amides is 1. The zero-order chi connectivity index (χ0) is 13.2. The molecule has 1 amide bonds. The lowest BCUT2D eigenvalue weighted by atomic mass is 10.2. The van der Waals surface area contributed by atoms with Gasteiger partial charge in [0, 0.05) is 39.8 Å². The zero-order valence-corrected chi connectivity index (χ0v) is 11.8. The van der Waals surface area contributed by atoms with Crippen molar-refractivity contribution in [3.63, 3.8) is 0 Å². The number of carbonyl (C=O) groups is 1. The predicted molar refractivity (Wildman–Crippen MR) is 72.7 cm³/mol. The first-order valence-corrected chi connectivity index (χ1v) is 6.89. The Bertz CT molecular complexity index is 228. The van der Waals surface area contributed by atoms with E-state index in [2.05, 4.69) is 22.2 Å². The minimum Gasteiger partial charge on any atom is -0.375 e. The van der Waals surface area contributed by atoms with Crippen molar-refractivity contribution in [2.24, 2.45) is 0 Å². The van der Waals surface area contributed by atoms with Crippen LogP contribution in [0.3, 0.4) is 0 Å². The Morgan fingerprint density at radius 2 is 1.89 bits per heavy atom. The normalized spacial score (nSPS) is 17.9. The highest BCUT2D eigenvalue weighted by molar-refractivity contribution is 5.77. The maximum atomic E-state index is 11.1. The lowest BCUT2D eigenvalue weighted by Gasteiger charge is -2.32. The van der Waals surface area contributed by atoms with Gasteiger partial charge < -0.3 is 19.9 Å². The zero-order valence-electron chi connectivity index (χ0n) is 11.8. The summed E-state index contributed by atoms with van der Waals surface area (Å²) in [5.41, 5.74) is 0. The molecule has 0 atom stereocenters. The predicted octanol–water partition coefficient (Wildman–Crippen LogP) is 0.167. The molecule has 0 bridgehead atoms. The van der Waals surface area contributed by atoms with E-state index in [1.165, 1.54) is 52.7 Å². The van der Waals surface area contributed by atoms with Crippen molar-refractivity contribution >= 4 is 5.91 Å². The number of ether oxygens (including phenoxy) is 1. The standard InChI is InChI=1S/C13H27N3O2/c1-15-8-10-16(11-9-15)7-5-3-4-6-14-13(17)12-18-2/h3-12H2,1-2H3,(H,14,17). The molecule has 106 valence electrons. The number of methoxy groups -OCH3 is 1. The van der Waals surface area contributed by atoms with E-state index >= 15 is 0 Å². The summed E-state index contributed by atoms with van der Waals surface area (Å²) in [6, 6.07) is 0. The monoisotopic (exact) mass is 257 g/mol. The van der Waals surface area contributed by atoms with Crippen LogP contribution < -0.4 is 5.32 Å². The summed E-state index contributed by atoms with van der Waals surface area (Å²) >= 11 is 0. The molecule has 1 aliphatic rings. The van der Waals surface area contributed by atoms with Crippen molar-refractivity contribution in [1.82, 2.24) is 15.1 Å². The molecule has 0 aromatic carbocycles. The first-order chi connectivity index (χ1) is 8.72. The van der Waals surface area contributed by atoms with Crippen LogP contribution in [0.1, 0.15) is 19.3 Å². The van der Waals surface area contributed by atoms with Gasteiger partial charge in [0.15, 0.2) is 0 Å². The first kappa shape index (κ1) is 15.4. The number of piperazine rings is 1. The summed E-state index contributed by atoms with van der Waals surface area (Å²) in [6.45, 7) is 6.90. The van der Waals surface area contributed by atoms with Crippen LogP contribution in [0.25, 0.3) is 0 Å². The summed E-state index contributed by atoms with van der Waals surface area (Å²) in [5, 5.41) is 2.84. The fraction of sp³-hybridized carbons (Fsp3) is 0.923. The third kappa shape index (κ3) is 6.93. The molecule has 5 nitrogen and oxygen atoms in total. The lowest BCUT2D eigenvalue weighted by molar-refractivity contribution is -0.124. The van der Waals surface area contributed by atoms with Crippen LogP contribution in [-0.2, 0) is 9.53 Å². The number of carbonyl (C=O) groups excluding carboxylic acids is 1. The highest BCUT2D eigenvalue weighted by atomic mass is 16.5. The van der Waals surface area contributed by atoms with Crippen molar-refractivity contribution in [1.29, 1.82) is 0 Å². The van der Waals surface area contributed by atoms with Gasteiger partial charge >= 0.3 is 0 Å². The van der Waals surface area contributed by atoms with Gasteiger partial charge in [-0.2, -0.15) is 0 Å². The van der Waals surface area contributed by atoms with Crippen molar-refractivity contribution in [2.45, 2.75) is 19.3 Å². The van der Waals surface area contributed by atoms with Gasteiger partial charge in [-0.15, -0.1) is 0 Å². The van der Waals surface area contributed by atoms with Crippen LogP contribution in [0.2, 0.25) is 0 Å². The lowest BCUT2D eigenvalue weighted by Crippen LogP contribution is -2.44. The van der Waals surface area contributed by atoms with Crippen molar-refractivity contribution in [3.05, 3.63) is 0 Å². The number of rotatable bonds is 8. The smallest absolute Gasteiger partial charge is 0.245 e. The Labute approximate surface area is 110 Å². The quantitative estimate of drug-likeness (QED) is 0.630. The molecule has 1 rings (SSSR count). The van der Waals surface area contributed by atoms with Gasteiger partial charge in [0.2, 0.25) is 5.91 Å². The van der Waals surface area contributed by atoms with Crippen LogP contribution in [0.4, 0.5) is 0 Å². The molecule has 1 aliphatic heterocycles. The average Bonchev–Trinajstić information content (AvgIpc) is 2.36. The fourth-order valence-electron chi connectivity index (χ4n) is 2.12. The van der Waals surface area contributed by atoms with Crippen LogP contribution >= 0.6 is 0 Å². The van der Waals surface area contributed by atoms with Gasteiger partial charge in [0.1, 0.15) is 6.61 Å². The maximum absolute atomic E-state index is 11.1. The van der Waals surface area contributed by atoms with E-state index in [9.17, 15) is 4.79 Å². The highest BCUT2D eigenvalue weighted by Crippen LogP contribution is 2.02. The van der Waals surface area contributed by atoms with Gasteiger partial charge in [-0.1, -0.05) is 6.42 Å². The van der Waals surface area contributed by atoms with Gasteiger partial charge in [-0.25, -0.2) is 0 Å². The Balaban J connectivity index is 1.88. The molecular weight excluding hydrogens is 230 g/mol. The van der Waals surface area contributed by atoms with Crippen molar-refractivity contribution in [3.8, 4) is 0 Å². The minimum atomic E-state index is -0.0171. The Hall–Kier alpha value is -0.650. The molecule has 1 fully saturated rings. The van der Waals surface area contributed by atoms with Gasteiger partial charge in [-0.3, -0.25) is 4.79 Å². The number of hydrogen-bond donors (Lipinski definition) is 1. The number of hydrogen-bond acceptors (Lipinski definition) is 4. The van der Waals surface area contributed by atoms with E-state index in [1.54, 1.807) is 0 Å². The third-order valence-corrected chi connectivity index (χ3v) is 3.34. The molecule has 1 N–H and O–H groups in total. The SMILES string of the molecule is COCC(=O)NCCCCCN1CCN(C)CC1. The molecule has 1 heterocycles. The number of nitrogens with zero attached hydrogens (tertiary/aromatic N) is 2. The van der Waals surface area contributed by atoms with Gasteiger partial charge in [-0.05, 0) is 26.4 Å². The summed E-state index contributed by atoms with van der Waals surface area (Å²) in [5.74, 6) is -0.0171. The fourth-order valence-corrected chi connectivity index (χ4v) is 2.12. The molecule has 0 radical (unpaired) electrons. The van der Waals surface area contributed by atoms with Crippen LogP contribution in [0, 0.1) is 0 Å². The topological polar surface area (TPSA) is 44.8 Å². The molecule has 5 heteroatoms. The van der Waals surface area contributed by atoms with E-state index < -0.39 is 0 Å². The largest absolute Gasteiger partial charge is 0.375 e. The molecule has 0 unspecified atom stereocenters. The Kier molecular flexibility index (Phi) is 7.96. The highest BCUT2D eigenvalue weighted by Gasteiger charge is 2.12. The Morgan fingerprint density at radius 3 is 2.56 bits per heavy atom. The maximum Gasteiger partial charge on any atom is 0.245 e. The molecular formula is C13H27N3O2. The summed E-state index contributed by atoms with van der Waals surface area (Å²) in [7, 11) is 3.72. The van der Waals surface area contributed by atoms with Crippen molar-refractivity contribution in [2.75, 3.05) is 60.0 Å². The molecule has 0 aromatic heterocycles. The van der Waals surface area contributed by atoms with E-state index in [0.717, 1.165) is 13.0 Å². The number of nitrogens with one attached hydrogen (secondary N) is 1. The number of likely N-dealkylation sites (N-methyl/N-ethyl adjacent to an activating group) is 1. The molecule has 0 aromatic rings. The van der Waals surface area contributed by atoms with Crippen LogP contribution in [0.15, 0.2) is 0 Å². The third-order valence-electron chi connectivity index (χ3n) is 3.34. The first-order valence-electron chi connectivity index (χ1n) is 6.89. The van der Waals surface area contributed by atoms with E-state index in [1.807, 2.05) is 0 Å². The molecule has 0 spiro atoms. The Morgan fingerprint density at radius 1 is 1.17 bits per heavy atom. The summed E-state index contributed by atoms with van der Waals surface area (Å²) in [6.07, 6.45) is 3.46. The molecule has 1 saturated heterocycles. The molecule has 18 heavy (non-hydrogen) atoms. The summed E-state index contributed by atoms with van der Waals surface area (Å²) < 4.78 is 4.75. The molecule has 0 aliphatic carbocycles.